The van der Waals surface area contributed by atoms with Crippen molar-refractivity contribution in [2.75, 3.05) is 11.9 Å². The van der Waals surface area contributed by atoms with Crippen molar-refractivity contribution in [1.29, 1.82) is 0 Å². The number of aromatic nitrogens is 1. The SMILES string of the molecule is O=C(O)Cc1csc(NC(=O)COCc2ccccc2)n1. The molecule has 110 valence electrons. The fraction of sp³-hybridized carbons (Fsp3) is 0.214. The van der Waals surface area contributed by atoms with E-state index in [0.29, 0.717) is 17.4 Å². The maximum Gasteiger partial charge on any atom is 0.309 e. The van der Waals surface area contributed by atoms with E-state index in [9.17, 15) is 9.59 Å². The van der Waals surface area contributed by atoms with Crippen LogP contribution in [0.4, 0.5) is 5.13 Å². The van der Waals surface area contributed by atoms with Crippen LogP contribution in [0.3, 0.4) is 0 Å². The maximum atomic E-state index is 11.6. The van der Waals surface area contributed by atoms with Crippen molar-refractivity contribution in [1.82, 2.24) is 4.98 Å². The Bertz CT molecular complexity index is 612. The second-order valence-corrected chi connectivity index (χ2v) is 5.10. The van der Waals surface area contributed by atoms with Crippen molar-refractivity contribution in [3.63, 3.8) is 0 Å². The van der Waals surface area contributed by atoms with Crippen molar-refractivity contribution < 1.29 is 19.4 Å². The summed E-state index contributed by atoms with van der Waals surface area (Å²) in [6.45, 7) is 0.277. The van der Waals surface area contributed by atoms with Gasteiger partial charge >= 0.3 is 5.97 Å². The summed E-state index contributed by atoms with van der Waals surface area (Å²) in [4.78, 5) is 26.2. The van der Waals surface area contributed by atoms with Gasteiger partial charge in [0, 0.05) is 5.38 Å². The van der Waals surface area contributed by atoms with Crippen molar-refractivity contribution in [2.24, 2.45) is 0 Å². The molecule has 0 fully saturated rings. The molecule has 0 aliphatic rings. The lowest BCUT2D eigenvalue weighted by molar-refractivity contribution is -0.136. The zero-order chi connectivity index (χ0) is 15.1. The van der Waals surface area contributed by atoms with Crippen LogP contribution in [0.15, 0.2) is 35.7 Å². The Morgan fingerprint density at radius 3 is 2.76 bits per heavy atom. The second kappa shape index (κ2) is 7.51. The minimum absolute atomic E-state index is 0.0806. The summed E-state index contributed by atoms with van der Waals surface area (Å²) in [7, 11) is 0. The van der Waals surface area contributed by atoms with Gasteiger partial charge in [0.2, 0.25) is 0 Å². The van der Waals surface area contributed by atoms with Gasteiger partial charge in [-0.2, -0.15) is 0 Å². The Morgan fingerprint density at radius 2 is 2.05 bits per heavy atom. The molecule has 0 radical (unpaired) electrons. The Balaban J connectivity index is 1.74. The number of hydrogen-bond donors (Lipinski definition) is 2. The molecule has 0 atom stereocenters. The van der Waals surface area contributed by atoms with Crippen LogP contribution in [0, 0.1) is 0 Å². The molecule has 0 unspecified atom stereocenters. The largest absolute Gasteiger partial charge is 0.481 e. The topological polar surface area (TPSA) is 88.5 Å². The highest BCUT2D eigenvalue weighted by molar-refractivity contribution is 7.13. The average molecular weight is 306 g/mol. The van der Waals surface area contributed by atoms with Gasteiger partial charge in [0.25, 0.3) is 5.91 Å². The van der Waals surface area contributed by atoms with Crippen molar-refractivity contribution in [3.05, 3.63) is 47.0 Å². The zero-order valence-electron chi connectivity index (χ0n) is 11.1. The summed E-state index contributed by atoms with van der Waals surface area (Å²) in [5.41, 5.74) is 1.41. The lowest BCUT2D eigenvalue weighted by atomic mass is 10.2. The van der Waals surface area contributed by atoms with E-state index in [1.165, 1.54) is 11.3 Å². The molecule has 1 aromatic heterocycles. The minimum atomic E-state index is -0.954. The monoisotopic (exact) mass is 306 g/mol. The molecule has 0 bridgehead atoms. The smallest absolute Gasteiger partial charge is 0.309 e. The van der Waals surface area contributed by atoms with Crippen LogP contribution in [-0.2, 0) is 27.4 Å². The molecule has 21 heavy (non-hydrogen) atoms. The molecule has 2 rings (SSSR count). The number of hydrogen-bond acceptors (Lipinski definition) is 5. The van der Waals surface area contributed by atoms with Gasteiger partial charge in [-0.3, -0.25) is 14.9 Å². The zero-order valence-corrected chi connectivity index (χ0v) is 11.9. The molecule has 7 heteroatoms. The molecule has 2 aromatic rings. The van der Waals surface area contributed by atoms with E-state index in [4.69, 9.17) is 9.84 Å². The van der Waals surface area contributed by atoms with Crippen molar-refractivity contribution in [2.45, 2.75) is 13.0 Å². The molecule has 1 aromatic carbocycles. The number of anilines is 1. The normalized spacial score (nSPS) is 10.3. The Morgan fingerprint density at radius 1 is 1.29 bits per heavy atom. The first-order valence-electron chi connectivity index (χ1n) is 6.21. The Labute approximate surface area is 125 Å². The maximum absolute atomic E-state index is 11.6. The molecule has 2 N–H and O–H groups in total. The number of carboxylic acids is 1. The van der Waals surface area contributed by atoms with E-state index in [-0.39, 0.29) is 18.9 Å². The van der Waals surface area contributed by atoms with E-state index >= 15 is 0 Å². The fourth-order valence-electron chi connectivity index (χ4n) is 1.59. The van der Waals surface area contributed by atoms with Crippen LogP contribution < -0.4 is 5.32 Å². The van der Waals surface area contributed by atoms with Gasteiger partial charge < -0.3 is 9.84 Å². The average Bonchev–Trinajstić information content (AvgIpc) is 2.86. The number of carbonyl (C=O) groups excluding carboxylic acids is 1. The van der Waals surface area contributed by atoms with Gasteiger partial charge in [0.1, 0.15) is 6.61 Å². The van der Waals surface area contributed by atoms with Crippen LogP contribution in [0.25, 0.3) is 0 Å². The number of nitrogens with one attached hydrogen (secondary N) is 1. The number of benzene rings is 1. The number of amides is 1. The van der Waals surface area contributed by atoms with Gasteiger partial charge in [0.05, 0.1) is 18.7 Å². The van der Waals surface area contributed by atoms with E-state index in [2.05, 4.69) is 10.3 Å². The molecular weight excluding hydrogens is 292 g/mol. The van der Waals surface area contributed by atoms with Crippen LogP contribution in [-0.4, -0.2) is 28.6 Å². The fourth-order valence-corrected chi connectivity index (χ4v) is 2.32. The first-order chi connectivity index (χ1) is 10.1. The number of thiazole rings is 1. The number of aliphatic carboxylic acids is 1. The van der Waals surface area contributed by atoms with E-state index < -0.39 is 5.97 Å². The lowest BCUT2D eigenvalue weighted by Crippen LogP contribution is -2.18. The van der Waals surface area contributed by atoms with Crippen LogP contribution >= 0.6 is 11.3 Å². The number of ether oxygens (including phenoxy) is 1. The predicted molar refractivity (Wildman–Crippen MR) is 78.2 cm³/mol. The molecule has 0 saturated heterocycles. The second-order valence-electron chi connectivity index (χ2n) is 4.24. The van der Waals surface area contributed by atoms with Crippen LogP contribution in [0.2, 0.25) is 0 Å². The van der Waals surface area contributed by atoms with Crippen LogP contribution in [0.1, 0.15) is 11.3 Å². The van der Waals surface area contributed by atoms with E-state index in [0.717, 1.165) is 5.56 Å². The predicted octanol–water partition coefficient (Wildman–Crippen LogP) is 1.93. The van der Waals surface area contributed by atoms with Gasteiger partial charge in [-0.1, -0.05) is 30.3 Å². The van der Waals surface area contributed by atoms with Gasteiger partial charge in [-0.25, -0.2) is 4.98 Å². The molecule has 1 heterocycles. The van der Waals surface area contributed by atoms with E-state index in [1.807, 2.05) is 30.3 Å². The number of carboxylic acid groups (broad SMARTS) is 1. The van der Waals surface area contributed by atoms with Gasteiger partial charge in [-0.05, 0) is 5.56 Å². The molecule has 0 saturated carbocycles. The third-order valence-corrected chi connectivity index (χ3v) is 3.28. The summed E-state index contributed by atoms with van der Waals surface area (Å²) in [6, 6.07) is 9.54. The molecule has 0 spiro atoms. The number of nitrogens with zero attached hydrogens (tertiary/aromatic N) is 1. The van der Waals surface area contributed by atoms with Crippen molar-refractivity contribution >= 4 is 28.3 Å². The molecule has 0 aliphatic carbocycles. The number of carbonyl (C=O) groups is 2. The Hall–Kier alpha value is -2.25. The third-order valence-electron chi connectivity index (χ3n) is 2.48. The summed E-state index contributed by atoms with van der Waals surface area (Å²) in [5, 5.41) is 13.2. The quantitative estimate of drug-likeness (QED) is 0.816. The molecule has 1 amide bonds. The first kappa shape index (κ1) is 15.1. The molecule has 6 nitrogen and oxygen atoms in total. The molecule has 0 aliphatic heterocycles. The van der Waals surface area contributed by atoms with Gasteiger partial charge in [-0.15, -0.1) is 11.3 Å². The first-order valence-corrected chi connectivity index (χ1v) is 7.09. The van der Waals surface area contributed by atoms with Crippen LogP contribution in [0.5, 0.6) is 0 Å². The van der Waals surface area contributed by atoms with Gasteiger partial charge in [0.15, 0.2) is 5.13 Å². The highest BCUT2D eigenvalue weighted by Crippen LogP contribution is 2.15. The summed E-state index contributed by atoms with van der Waals surface area (Å²) in [6.07, 6.45) is -0.156. The number of rotatable bonds is 7. The minimum Gasteiger partial charge on any atom is -0.481 e. The standard InChI is InChI=1S/C14H14N2O4S/c17-12(8-20-7-10-4-2-1-3-5-10)16-14-15-11(9-21-14)6-13(18)19/h1-5,9H,6-8H2,(H,18,19)(H,15,16,17). The Kier molecular flexibility index (Phi) is 5.42. The summed E-state index contributed by atoms with van der Waals surface area (Å²) in [5.74, 6) is -1.27. The lowest BCUT2D eigenvalue weighted by Gasteiger charge is -2.04. The van der Waals surface area contributed by atoms with E-state index in [1.54, 1.807) is 5.38 Å². The summed E-state index contributed by atoms with van der Waals surface area (Å²) >= 11 is 1.19. The van der Waals surface area contributed by atoms with Crippen molar-refractivity contribution in [3.8, 4) is 0 Å². The summed E-state index contributed by atoms with van der Waals surface area (Å²) < 4.78 is 5.30. The highest BCUT2D eigenvalue weighted by atomic mass is 32.1. The highest BCUT2D eigenvalue weighted by Gasteiger charge is 2.09. The molecular formula is C14H14N2O4S. The third kappa shape index (κ3) is 5.33.